The van der Waals surface area contributed by atoms with Gasteiger partial charge in [0, 0.05) is 6.54 Å². The Balaban J connectivity index is 2.88. The van der Waals surface area contributed by atoms with Crippen LogP contribution in [0.1, 0.15) is 47.0 Å². The molecule has 0 saturated carbocycles. The molecular weight excluding hydrogens is 352 g/mol. The highest BCUT2D eigenvalue weighted by Gasteiger charge is 2.38. The van der Waals surface area contributed by atoms with Crippen LogP contribution in [0.4, 0.5) is 0 Å². The van der Waals surface area contributed by atoms with Gasteiger partial charge in [0.05, 0.1) is 6.04 Å². The quantitative estimate of drug-likeness (QED) is 0.430. The van der Waals surface area contributed by atoms with E-state index in [1.54, 1.807) is 0 Å². The van der Waals surface area contributed by atoms with Gasteiger partial charge in [0.25, 0.3) is 0 Å². The number of nitrogens with one attached hydrogen (secondary N) is 2. The SMILES string of the molecule is CC(C)CC(NC(=O)C(N)C(C)C)C(=O)N1CCCC1C(=O)NCC(=O)O. The Labute approximate surface area is 160 Å². The summed E-state index contributed by atoms with van der Waals surface area (Å²) in [5, 5.41) is 13.8. The Hall–Kier alpha value is -2.16. The van der Waals surface area contributed by atoms with Gasteiger partial charge in [0.2, 0.25) is 17.7 Å². The Morgan fingerprint density at radius 3 is 2.33 bits per heavy atom. The molecule has 0 spiro atoms. The van der Waals surface area contributed by atoms with E-state index < -0.39 is 42.5 Å². The maximum atomic E-state index is 13.0. The van der Waals surface area contributed by atoms with Crippen molar-refractivity contribution < 1.29 is 24.3 Å². The minimum absolute atomic E-state index is 0.0684. The number of carboxylic acids is 1. The molecule has 1 fully saturated rings. The third-order valence-electron chi connectivity index (χ3n) is 4.60. The highest BCUT2D eigenvalue weighted by molar-refractivity contribution is 5.94. The molecule has 9 heteroatoms. The van der Waals surface area contributed by atoms with E-state index in [-0.39, 0.29) is 17.7 Å². The summed E-state index contributed by atoms with van der Waals surface area (Å²) in [6.45, 7) is 7.43. The highest BCUT2D eigenvalue weighted by atomic mass is 16.4. The predicted octanol–water partition coefficient (Wildman–Crippen LogP) is -0.308. The van der Waals surface area contributed by atoms with Crippen molar-refractivity contribution in [2.75, 3.05) is 13.1 Å². The zero-order valence-electron chi connectivity index (χ0n) is 16.5. The number of amides is 3. The minimum Gasteiger partial charge on any atom is -0.480 e. The van der Waals surface area contributed by atoms with Crippen LogP contribution in [0.2, 0.25) is 0 Å². The molecule has 0 radical (unpaired) electrons. The van der Waals surface area contributed by atoms with E-state index >= 15 is 0 Å². The van der Waals surface area contributed by atoms with Gasteiger partial charge in [-0.15, -0.1) is 0 Å². The number of hydrogen-bond acceptors (Lipinski definition) is 5. The summed E-state index contributed by atoms with van der Waals surface area (Å²) in [6, 6.07) is -2.21. The molecule has 0 aromatic heterocycles. The van der Waals surface area contributed by atoms with Gasteiger partial charge in [-0.2, -0.15) is 0 Å². The van der Waals surface area contributed by atoms with E-state index in [0.29, 0.717) is 25.8 Å². The fourth-order valence-electron chi connectivity index (χ4n) is 3.05. The van der Waals surface area contributed by atoms with Crippen LogP contribution >= 0.6 is 0 Å². The van der Waals surface area contributed by atoms with Crippen LogP contribution in [0, 0.1) is 11.8 Å². The molecule has 0 aliphatic carbocycles. The highest BCUT2D eigenvalue weighted by Crippen LogP contribution is 2.20. The van der Waals surface area contributed by atoms with Crippen molar-refractivity contribution in [2.24, 2.45) is 17.6 Å². The maximum absolute atomic E-state index is 13.0. The van der Waals surface area contributed by atoms with Crippen molar-refractivity contribution in [3.63, 3.8) is 0 Å². The van der Waals surface area contributed by atoms with E-state index in [9.17, 15) is 19.2 Å². The van der Waals surface area contributed by atoms with Gasteiger partial charge < -0.3 is 26.4 Å². The monoisotopic (exact) mass is 384 g/mol. The molecule has 0 aromatic carbocycles. The third-order valence-corrected chi connectivity index (χ3v) is 4.60. The fraction of sp³-hybridized carbons (Fsp3) is 0.778. The number of carboxylic acid groups (broad SMARTS) is 1. The first-order valence-electron chi connectivity index (χ1n) is 9.40. The number of aliphatic carboxylic acids is 1. The second-order valence-corrected chi connectivity index (χ2v) is 7.76. The maximum Gasteiger partial charge on any atom is 0.322 e. The lowest BCUT2D eigenvalue weighted by molar-refractivity contribution is -0.143. The van der Waals surface area contributed by atoms with Crippen molar-refractivity contribution in [3.05, 3.63) is 0 Å². The predicted molar refractivity (Wildman–Crippen MR) is 99.6 cm³/mol. The van der Waals surface area contributed by atoms with E-state index in [2.05, 4.69) is 10.6 Å². The molecule has 3 unspecified atom stereocenters. The van der Waals surface area contributed by atoms with Gasteiger partial charge in [0.15, 0.2) is 0 Å². The standard InChI is InChI=1S/C18H32N4O5/c1-10(2)8-12(21-17(26)15(19)11(3)4)18(27)22-7-5-6-13(22)16(25)20-9-14(23)24/h10-13,15H,5-9,19H2,1-4H3,(H,20,25)(H,21,26)(H,23,24). The van der Waals surface area contributed by atoms with Gasteiger partial charge in [-0.1, -0.05) is 27.7 Å². The molecule has 1 aliphatic heterocycles. The first kappa shape index (κ1) is 22.9. The first-order chi connectivity index (χ1) is 12.5. The van der Waals surface area contributed by atoms with Crippen LogP contribution in [-0.4, -0.2) is 64.9 Å². The summed E-state index contributed by atoms with van der Waals surface area (Å²) in [5.41, 5.74) is 5.88. The van der Waals surface area contributed by atoms with Gasteiger partial charge in [0.1, 0.15) is 18.6 Å². The molecule has 9 nitrogen and oxygen atoms in total. The largest absolute Gasteiger partial charge is 0.480 e. The van der Waals surface area contributed by atoms with Crippen molar-refractivity contribution in [1.29, 1.82) is 0 Å². The summed E-state index contributed by atoms with van der Waals surface area (Å²) in [7, 11) is 0. The zero-order valence-corrected chi connectivity index (χ0v) is 16.5. The topological polar surface area (TPSA) is 142 Å². The summed E-state index contributed by atoms with van der Waals surface area (Å²) >= 11 is 0. The summed E-state index contributed by atoms with van der Waals surface area (Å²) in [4.78, 5) is 49.7. The van der Waals surface area contributed by atoms with Crippen LogP contribution in [-0.2, 0) is 19.2 Å². The van der Waals surface area contributed by atoms with Crippen LogP contribution < -0.4 is 16.4 Å². The minimum atomic E-state index is -1.15. The summed E-state index contributed by atoms with van der Waals surface area (Å²) in [5.74, 6) is -2.28. The molecule has 1 rings (SSSR count). The number of nitrogens with two attached hydrogens (primary N) is 1. The Bertz CT molecular complexity index is 564. The molecule has 0 bridgehead atoms. The molecule has 1 saturated heterocycles. The summed E-state index contributed by atoms with van der Waals surface area (Å²) in [6.07, 6.45) is 1.53. The van der Waals surface area contributed by atoms with Crippen molar-refractivity contribution in [2.45, 2.75) is 65.1 Å². The van der Waals surface area contributed by atoms with Crippen molar-refractivity contribution in [3.8, 4) is 0 Å². The van der Waals surface area contributed by atoms with Crippen molar-refractivity contribution >= 4 is 23.7 Å². The number of carbonyl (C=O) groups excluding carboxylic acids is 3. The Morgan fingerprint density at radius 2 is 1.81 bits per heavy atom. The lowest BCUT2D eigenvalue weighted by atomic mass is 10.00. The molecule has 27 heavy (non-hydrogen) atoms. The van der Waals surface area contributed by atoms with Gasteiger partial charge in [-0.05, 0) is 31.1 Å². The molecule has 5 N–H and O–H groups in total. The molecule has 0 aromatic rings. The average molecular weight is 384 g/mol. The fourth-order valence-corrected chi connectivity index (χ4v) is 3.05. The Kier molecular flexibility index (Phi) is 8.68. The lowest BCUT2D eigenvalue weighted by Crippen LogP contribution is -2.56. The lowest BCUT2D eigenvalue weighted by Gasteiger charge is -2.30. The second-order valence-electron chi connectivity index (χ2n) is 7.76. The summed E-state index contributed by atoms with van der Waals surface area (Å²) < 4.78 is 0. The number of carbonyl (C=O) groups is 4. The molecule has 154 valence electrons. The third kappa shape index (κ3) is 6.82. The molecule has 1 heterocycles. The molecule has 3 amide bonds. The number of rotatable bonds is 9. The van der Waals surface area contributed by atoms with Crippen LogP contribution in [0.3, 0.4) is 0 Å². The zero-order chi connectivity index (χ0) is 20.7. The average Bonchev–Trinajstić information content (AvgIpc) is 3.06. The Morgan fingerprint density at radius 1 is 1.19 bits per heavy atom. The number of nitrogens with zero attached hydrogens (tertiary/aromatic N) is 1. The van der Waals surface area contributed by atoms with Crippen LogP contribution in [0.25, 0.3) is 0 Å². The van der Waals surface area contributed by atoms with Crippen LogP contribution in [0.15, 0.2) is 0 Å². The van der Waals surface area contributed by atoms with Gasteiger partial charge >= 0.3 is 5.97 Å². The van der Waals surface area contributed by atoms with E-state index in [4.69, 9.17) is 10.8 Å². The number of hydrogen-bond donors (Lipinski definition) is 4. The molecule has 3 atom stereocenters. The first-order valence-corrected chi connectivity index (χ1v) is 9.40. The second kappa shape index (κ2) is 10.2. The van der Waals surface area contributed by atoms with E-state index in [1.807, 2.05) is 27.7 Å². The smallest absolute Gasteiger partial charge is 0.322 e. The molecular formula is C18H32N4O5. The van der Waals surface area contributed by atoms with E-state index in [0.717, 1.165) is 0 Å². The van der Waals surface area contributed by atoms with Crippen molar-refractivity contribution in [1.82, 2.24) is 15.5 Å². The normalized spacial score (nSPS) is 19.1. The van der Waals surface area contributed by atoms with Crippen LogP contribution in [0.5, 0.6) is 0 Å². The molecule has 1 aliphatic rings. The number of likely N-dealkylation sites (tertiary alicyclic amines) is 1. The van der Waals surface area contributed by atoms with Gasteiger partial charge in [-0.3, -0.25) is 19.2 Å². The van der Waals surface area contributed by atoms with Gasteiger partial charge in [-0.25, -0.2) is 0 Å². The van der Waals surface area contributed by atoms with E-state index in [1.165, 1.54) is 4.90 Å².